The normalized spacial score (nSPS) is 14.4. The molecule has 0 heterocycles. The number of hydrogen-bond acceptors (Lipinski definition) is 3. The highest BCUT2D eigenvalue weighted by Crippen LogP contribution is 2.27. The number of hydrogen-bond donors (Lipinski definition) is 0. The number of carbonyl (C=O) groups excluding carboxylic acids is 1. The Labute approximate surface area is 123 Å². The lowest BCUT2D eigenvalue weighted by molar-refractivity contribution is -0.154. The van der Waals surface area contributed by atoms with Crippen molar-refractivity contribution in [1.29, 1.82) is 0 Å². The number of rotatable bonds is 7. The maximum atomic E-state index is 12.1. The molecule has 0 radical (unpaired) electrons. The summed E-state index contributed by atoms with van der Waals surface area (Å²) in [6.07, 6.45) is -4.28. The third kappa shape index (κ3) is 11.4. The standard InChI is InChI=1S/C14H25F3O2S/c1-10(2)9-11(12(18)19-13(3,4)5)20-8-6-7-14(15,16)17/h10-11H,6-9H2,1-5H3. The predicted octanol–water partition coefficient (Wildman–Crippen LogP) is 4.82. The largest absolute Gasteiger partial charge is 0.459 e. The first-order valence-corrected chi connectivity index (χ1v) is 7.87. The molecule has 0 amide bonds. The van der Waals surface area contributed by atoms with Gasteiger partial charge in [0.05, 0.1) is 0 Å². The quantitative estimate of drug-likeness (QED) is 0.498. The smallest absolute Gasteiger partial charge is 0.389 e. The molecule has 0 aliphatic rings. The molecular formula is C14H25F3O2S. The Morgan fingerprint density at radius 2 is 1.75 bits per heavy atom. The molecule has 0 aliphatic heterocycles. The van der Waals surface area contributed by atoms with E-state index in [0.29, 0.717) is 18.1 Å². The van der Waals surface area contributed by atoms with Crippen molar-refractivity contribution in [3.63, 3.8) is 0 Å². The van der Waals surface area contributed by atoms with E-state index >= 15 is 0 Å². The van der Waals surface area contributed by atoms with Gasteiger partial charge in [0, 0.05) is 6.42 Å². The van der Waals surface area contributed by atoms with Crippen LogP contribution in [-0.2, 0) is 9.53 Å². The summed E-state index contributed by atoms with van der Waals surface area (Å²) >= 11 is 1.26. The van der Waals surface area contributed by atoms with Crippen molar-refractivity contribution in [3.8, 4) is 0 Å². The van der Waals surface area contributed by atoms with Gasteiger partial charge in [-0.3, -0.25) is 4.79 Å². The van der Waals surface area contributed by atoms with Gasteiger partial charge >= 0.3 is 12.1 Å². The minimum absolute atomic E-state index is 0.0333. The lowest BCUT2D eigenvalue weighted by Crippen LogP contribution is -2.31. The van der Waals surface area contributed by atoms with Gasteiger partial charge in [-0.2, -0.15) is 13.2 Å². The van der Waals surface area contributed by atoms with Crippen LogP contribution in [-0.4, -0.2) is 28.7 Å². The highest BCUT2D eigenvalue weighted by molar-refractivity contribution is 8.00. The highest BCUT2D eigenvalue weighted by atomic mass is 32.2. The summed E-state index contributed by atoms with van der Waals surface area (Å²) in [5, 5.41) is -0.387. The van der Waals surface area contributed by atoms with Gasteiger partial charge in [-0.1, -0.05) is 13.8 Å². The Kier molecular flexibility index (Phi) is 7.99. The molecule has 6 heteroatoms. The molecule has 0 bridgehead atoms. The Bertz CT molecular complexity index is 296. The van der Waals surface area contributed by atoms with Crippen LogP contribution in [0.2, 0.25) is 0 Å². The number of halogens is 3. The molecule has 0 aromatic rings. The van der Waals surface area contributed by atoms with E-state index < -0.39 is 18.2 Å². The molecule has 0 aromatic heterocycles. The van der Waals surface area contributed by atoms with E-state index in [1.165, 1.54) is 11.8 Å². The van der Waals surface area contributed by atoms with E-state index in [9.17, 15) is 18.0 Å². The molecule has 0 rings (SSSR count). The van der Waals surface area contributed by atoms with Gasteiger partial charge in [-0.25, -0.2) is 0 Å². The van der Waals surface area contributed by atoms with Crippen molar-refractivity contribution < 1.29 is 22.7 Å². The molecule has 0 saturated heterocycles. The van der Waals surface area contributed by atoms with Crippen molar-refractivity contribution in [3.05, 3.63) is 0 Å². The second kappa shape index (κ2) is 8.15. The lowest BCUT2D eigenvalue weighted by atomic mass is 10.1. The summed E-state index contributed by atoms with van der Waals surface area (Å²) in [6, 6.07) is 0. The number of ether oxygens (including phenoxy) is 1. The van der Waals surface area contributed by atoms with Crippen LogP contribution in [0.3, 0.4) is 0 Å². The summed E-state index contributed by atoms with van der Waals surface area (Å²) in [4.78, 5) is 12.0. The summed E-state index contributed by atoms with van der Waals surface area (Å²) in [7, 11) is 0. The maximum Gasteiger partial charge on any atom is 0.389 e. The van der Waals surface area contributed by atoms with E-state index in [2.05, 4.69) is 0 Å². The maximum absolute atomic E-state index is 12.1. The monoisotopic (exact) mass is 314 g/mol. The number of thioether (sulfide) groups is 1. The summed E-state index contributed by atoms with van der Waals surface area (Å²) < 4.78 is 41.5. The van der Waals surface area contributed by atoms with Crippen LogP contribution >= 0.6 is 11.8 Å². The zero-order valence-corrected chi connectivity index (χ0v) is 13.7. The predicted molar refractivity (Wildman–Crippen MR) is 76.8 cm³/mol. The van der Waals surface area contributed by atoms with Gasteiger partial charge in [0.1, 0.15) is 10.9 Å². The van der Waals surface area contributed by atoms with Crippen LogP contribution in [0.25, 0.3) is 0 Å². The minimum Gasteiger partial charge on any atom is -0.459 e. The fourth-order valence-corrected chi connectivity index (χ4v) is 2.83. The second-order valence-corrected chi connectivity index (χ2v) is 7.55. The van der Waals surface area contributed by atoms with Crippen LogP contribution in [0.4, 0.5) is 13.2 Å². The molecule has 0 aromatic carbocycles. The highest BCUT2D eigenvalue weighted by Gasteiger charge is 2.28. The third-order valence-corrected chi connectivity index (χ3v) is 3.59. The number of esters is 1. The molecule has 0 spiro atoms. The molecule has 1 unspecified atom stereocenters. The molecule has 1 atom stereocenters. The number of alkyl halides is 3. The average Bonchev–Trinajstić information content (AvgIpc) is 2.17. The molecular weight excluding hydrogens is 289 g/mol. The van der Waals surface area contributed by atoms with Gasteiger partial charge in [0.25, 0.3) is 0 Å². The van der Waals surface area contributed by atoms with Crippen molar-refractivity contribution in [1.82, 2.24) is 0 Å². The first kappa shape index (κ1) is 19.6. The van der Waals surface area contributed by atoms with Crippen molar-refractivity contribution in [2.24, 2.45) is 5.92 Å². The Morgan fingerprint density at radius 1 is 1.20 bits per heavy atom. The summed E-state index contributed by atoms with van der Waals surface area (Å²) in [5.74, 6) is 0.279. The zero-order valence-electron chi connectivity index (χ0n) is 12.8. The van der Waals surface area contributed by atoms with Crippen LogP contribution in [0, 0.1) is 5.92 Å². The zero-order chi connectivity index (χ0) is 16.0. The summed E-state index contributed by atoms with van der Waals surface area (Å²) in [6.45, 7) is 9.31. The first-order chi connectivity index (χ1) is 8.91. The molecule has 120 valence electrons. The average molecular weight is 314 g/mol. The van der Waals surface area contributed by atoms with Crippen molar-refractivity contribution >= 4 is 17.7 Å². The molecule has 0 fully saturated rings. The van der Waals surface area contributed by atoms with Crippen molar-refractivity contribution in [2.75, 3.05) is 5.75 Å². The topological polar surface area (TPSA) is 26.3 Å². The van der Waals surface area contributed by atoms with Crippen LogP contribution in [0.1, 0.15) is 53.9 Å². The SMILES string of the molecule is CC(C)CC(SCCCC(F)(F)F)C(=O)OC(C)(C)C. The molecule has 20 heavy (non-hydrogen) atoms. The fraction of sp³-hybridized carbons (Fsp3) is 0.929. The second-order valence-electron chi connectivity index (χ2n) is 6.24. The van der Waals surface area contributed by atoms with E-state index in [0.717, 1.165) is 0 Å². The Hall–Kier alpha value is -0.390. The van der Waals surface area contributed by atoms with E-state index in [4.69, 9.17) is 4.74 Å². The molecule has 0 saturated carbocycles. The van der Waals surface area contributed by atoms with E-state index in [-0.39, 0.29) is 17.6 Å². The number of carbonyl (C=O) groups is 1. The molecule has 2 nitrogen and oxygen atoms in total. The van der Waals surface area contributed by atoms with Gasteiger partial charge in [0.15, 0.2) is 0 Å². The lowest BCUT2D eigenvalue weighted by Gasteiger charge is -2.24. The van der Waals surface area contributed by atoms with Gasteiger partial charge in [0.2, 0.25) is 0 Å². The first-order valence-electron chi connectivity index (χ1n) is 6.82. The van der Waals surface area contributed by atoms with E-state index in [1.807, 2.05) is 13.8 Å². The molecule has 0 N–H and O–H groups in total. The van der Waals surface area contributed by atoms with Gasteiger partial charge in [-0.15, -0.1) is 11.8 Å². The van der Waals surface area contributed by atoms with Crippen LogP contribution in [0.5, 0.6) is 0 Å². The molecule has 0 aliphatic carbocycles. The fourth-order valence-electron chi connectivity index (χ4n) is 1.53. The van der Waals surface area contributed by atoms with Crippen molar-refractivity contribution in [2.45, 2.75) is 70.9 Å². The summed E-state index contributed by atoms with van der Waals surface area (Å²) in [5.41, 5.74) is -0.571. The van der Waals surface area contributed by atoms with Crippen LogP contribution < -0.4 is 0 Å². The van der Waals surface area contributed by atoms with E-state index in [1.54, 1.807) is 20.8 Å². The van der Waals surface area contributed by atoms with Crippen LogP contribution in [0.15, 0.2) is 0 Å². The van der Waals surface area contributed by atoms with Gasteiger partial charge < -0.3 is 4.74 Å². The van der Waals surface area contributed by atoms with Gasteiger partial charge in [-0.05, 0) is 45.3 Å². The minimum atomic E-state index is -4.12. The Morgan fingerprint density at radius 3 is 2.15 bits per heavy atom. The third-order valence-electron chi connectivity index (χ3n) is 2.28. The Balaban J connectivity index is 4.32.